The number of pyridine rings is 1. The maximum absolute atomic E-state index is 14.4. The average molecular weight is 657 g/mol. The summed E-state index contributed by atoms with van der Waals surface area (Å²) in [4.78, 5) is 20.1. The number of nitrogens with one attached hydrogen (secondary N) is 2. The van der Waals surface area contributed by atoms with Crippen molar-refractivity contribution in [2.45, 2.75) is 76.5 Å². The van der Waals surface area contributed by atoms with E-state index < -0.39 is 23.8 Å². The van der Waals surface area contributed by atoms with Crippen molar-refractivity contribution in [3.05, 3.63) is 76.6 Å². The zero-order valence-corrected chi connectivity index (χ0v) is 26.6. The molecule has 10 nitrogen and oxygen atoms in total. The van der Waals surface area contributed by atoms with Crippen molar-refractivity contribution in [1.82, 2.24) is 25.1 Å². The number of amides is 1. The molecule has 0 bridgehead atoms. The van der Waals surface area contributed by atoms with E-state index in [0.717, 1.165) is 12.5 Å². The van der Waals surface area contributed by atoms with Gasteiger partial charge in [-0.3, -0.25) is 9.69 Å². The van der Waals surface area contributed by atoms with E-state index in [4.69, 9.17) is 4.98 Å². The second-order valence-electron chi connectivity index (χ2n) is 13.2. The van der Waals surface area contributed by atoms with Gasteiger partial charge in [0.25, 0.3) is 5.91 Å². The molecule has 2 aromatic carbocycles. The van der Waals surface area contributed by atoms with E-state index in [-0.39, 0.29) is 42.1 Å². The average Bonchev–Trinajstić information content (AvgIpc) is 3.64. The molecule has 1 unspecified atom stereocenters. The van der Waals surface area contributed by atoms with Crippen LogP contribution in [0, 0.1) is 17.2 Å². The van der Waals surface area contributed by atoms with Gasteiger partial charge in [-0.05, 0) is 96.8 Å². The van der Waals surface area contributed by atoms with Crippen LogP contribution >= 0.6 is 0 Å². The van der Waals surface area contributed by atoms with Crippen LogP contribution in [0.3, 0.4) is 0 Å². The summed E-state index contributed by atoms with van der Waals surface area (Å²) in [5.41, 5.74) is 1.75. The van der Waals surface area contributed by atoms with Crippen molar-refractivity contribution >= 4 is 17.5 Å². The van der Waals surface area contributed by atoms with Gasteiger partial charge in [0.1, 0.15) is 18.0 Å². The quantitative estimate of drug-likeness (QED) is 0.195. The minimum Gasteiger partial charge on any atom is -0.393 e. The van der Waals surface area contributed by atoms with Crippen LogP contribution in [0.15, 0.2) is 48.8 Å². The third-order valence-electron chi connectivity index (χ3n) is 9.39. The second-order valence-corrected chi connectivity index (χ2v) is 13.2. The van der Waals surface area contributed by atoms with Crippen LogP contribution in [0.1, 0.15) is 71.6 Å². The van der Waals surface area contributed by atoms with Crippen molar-refractivity contribution in [1.29, 1.82) is 5.26 Å². The highest BCUT2D eigenvalue weighted by Gasteiger charge is 2.41. The summed E-state index contributed by atoms with van der Waals surface area (Å²) in [6.07, 6.45) is 0.861. The Bertz CT molecular complexity index is 1920. The number of nitrogens with zero attached hydrogens (tertiary/aromatic N) is 6. The van der Waals surface area contributed by atoms with Crippen LogP contribution in [0.5, 0.6) is 0 Å². The molecule has 3 N–H and O–H groups in total. The van der Waals surface area contributed by atoms with E-state index in [9.17, 15) is 28.3 Å². The molecule has 1 aliphatic heterocycles. The van der Waals surface area contributed by atoms with Gasteiger partial charge in [-0.25, -0.2) is 4.98 Å². The Morgan fingerprint density at radius 3 is 2.56 bits per heavy atom. The molecule has 48 heavy (non-hydrogen) atoms. The van der Waals surface area contributed by atoms with Crippen molar-refractivity contribution < 1.29 is 23.1 Å². The molecule has 1 atom stereocenters. The van der Waals surface area contributed by atoms with Gasteiger partial charge in [0.2, 0.25) is 0 Å². The van der Waals surface area contributed by atoms with Crippen LogP contribution in [0.25, 0.3) is 22.5 Å². The van der Waals surface area contributed by atoms with Crippen molar-refractivity contribution in [3.8, 4) is 28.6 Å². The number of hydrogen-bond acceptors (Lipinski definition) is 8. The fourth-order valence-electron chi connectivity index (χ4n) is 6.65. The number of benzene rings is 2. The summed E-state index contributed by atoms with van der Waals surface area (Å²) in [7, 11) is 1.81. The molecule has 3 heterocycles. The Morgan fingerprint density at radius 2 is 1.90 bits per heavy atom. The van der Waals surface area contributed by atoms with Gasteiger partial charge in [0, 0.05) is 36.8 Å². The third-order valence-corrected chi connectivity index (χ3v) is 9.39. The monoisotopic (exact) mass is 656 g/mol. The smallest absolute Gasteiger partial charge is 0.393 e. The zero-order chi connectivity index (χ0) is 33.7. The minimum absolute atomic E-state index is 0.00895. The summed E-state index contributed by atoms with van der Waals surface area (Å²) >= 11 is 0. The number of aryl methyl sites for hydroxylation is 1. The van der Waals surface area contributed by atoms with E-state index in [1.54, 1.807) is 42.2 Å². The second kappa shape index (κ2) is 12.3. The largest absolute Gasteiger partial charge is 0.416 e. The molecule has 2 saturated carbocycles. The maximum atomic E-state index is 14.4. The number of alkyl halides is 3. The number of carbonyl (C=O) groups is 1. The summed E-state index contributed by atoms with van der Waals surface area (Å²) in [5, 5.41) is 34.3. The lowest BCUT2D eigenvalue weighted by molar-refractivity contribution is -0.138. The first-order valence-corrected chi connectivity index (χ1v) is 16.1. The van der Waals surface area contributed by atoms with Gasteiger partial charge in [-0.15, -0.1) is 10.2 Å². The van der Waals surface area contributed by atoms with Crippen molar-refractivity contribution in [3.63, 3.8) is 0 Å². The van der Waals surface area contributed by atoms with Crippen molar-refractivity contribution in [2.24, 2.45) is 13.0 Å². The number of aliphatic hydroxyl groups excluding tert-OH is 1. The molecular formula is C35H35F3N8O2. The first-order chi connectivity index (χ1) is 23.0. The molecule has 0 radical (unpaired) electrons. The molecule has 248 valence electrons. The lowest BCUT2D eigenvalue weighted by Gasteiger charge is -2.32. The molecule has 0 spiro atoms. The van der Waals surface area contributed by atoms with E-state index in [1.165, 1.54) is 23.8 Å². The predicted molar refractivity (Wildman–Crippen MR) is 173 cm³/mol. The van der Waals surface area contributed by atoms with Gasteiger partial charge in [-0.2, -0.15) is 18.4 Å². The minimum atomic E-state index is -4.67. The van der Waals surface area contributed by atoms with Gasteiger partial charge >= 0.3 is 6.18 Å². The molecule has 0 saturated heterocycles. The van der Waals surface area contributed by atoms with Crippen LogP contribution in [0.4, 0.5) is 24.8 Å². The Kier molecular flexibility index (Phi) is 8.17. The maximum Gasteiger partial charge on any atom is 0.416 e. The summed E-state index contributed by atoms with van der Waals surface area (Å²) in [6, 6.07) is 13.6. The summed E-state index contributed by atoms with van der Waals surface area (Å²) < 4.78 is 45.1. The molecule has 2 fully saturated rings. The molecule has 4 aromatic rings. The normalized spacial score (nSPS) is 19.5. The number of fused-ring (bicyclic) bond motifs is 1. The molecular weight excluding hydrogens is 621 g/mol. The van der Waals surface area contributed by atoms with Gasteiger partial charge in [0.15, 0.2) is 5.82 Å². The number of nitriles is 1. The van der Waals surface area contributed by atoms with E-state index >= 15 is 0 Å². The number of hydrogen-bond donors (Lipinski definition) is 3. The lowest BCUT2D eigenvalue weighted by atomic mass is 9.89. The molecule has 2 aromatic heterocycles. The highest BCUT2D eigenvalue weighted by molar-refractivity contribution is 6.10. The van der Waals surface area contributed by atoms with Gasteiger partial charge < -0.3 is 20.3 Å². The Hall–Kier alpha value is -4.80. The fourth-order valence-corrected chi connectivity index (χ4v) is 6.65. The van der Waals surface area contributed by atoms with Crippen LogP contribution < -0.4 is 15.5 Å². The van der Waals surface area contributed by atoms with E-state index in [1.807, 2.05) is 6.07 Å². The van der Waals surface area contributed by atoms with Crippen LogP contribution in [-0.2, 0) is 26.3 Å². The standard InChI is InChI=1S/C35H35F3N8O2/c1-19(7-20-3-4-20)42-31-11-23(27-8-21(15-39)5-6-26(27)33-44-41-18-45(33)2)12-32(43-31)46-17-29-28(34(46)48)9-22(10-30(29)35(36,37)38)16-40-24-13-25(47)14-24/h5-6,8-12,18-20,24-25,40,47H,3-4,7,13-14,16-17H2,1-2H3,(H,42,43)/t19?,24-,25+. The summed E-state index contributed by atoms with van der Waals surface area (Å²) in [5.74, 6) is 1.28. The molecule has 2 aliphatic carbocycles. The fraction of sp³-hybridized carbons (Fsp3) is 0.400. The topological polar surface area (TPSA) is 132 Å². The number of anilines is 2. The Labute approximate surface area is 275 Å². The first-order valence-electron chi connectivity index (χ1n) is 16.1. The number of aliphatic hydroxyl groups is 1. The molecule has 7 rings (SSSR count). The number of halogens is 3. The molecule has 1 amide bonds. The molecule has 13 heteroatoms. The first kappa shape index (κ1) is 31.8. The van der Waals surface area contributed by atoms with E-state index in [2.05, 4.69) is 33.8 Å². The number of carbonyl (C=O) groups excluding carboxylic acids is 1. The Balaban J connectivity index is 1.30. The lowest BCUT2D eigenvalue weighted by Crippen LogP contribution is -2.43. The third kappa shape index (κ3) is 6.37. The predicted octanol–water partition coefficient (Wildman–Crippen LogP) is 5.81. The van der Waals surface area contributed by atoms with E-state index in [0.29, 0.717) is 58.2 Å². The van der Waals surface area contributed by atoms with Gasteiger partial charge in [-0.1, -0.05) is 12.8 Å². The number of rotatable bonds is 10. The van der Waals surface area contributed by atoms with Gasteiger partial charge in [0.05, 0.1) is 29.8 Å². The number of aromatic nitrogens is 4. The zero-order valence-electron chi connectivity index (χ0n) is 26.6. The Morgan fingerprint density at radius 1 is 1.10 bits per heavy atom. The van der Waals surface area contributed by atoms with Crippen LogP contribution in [0.2, 0.25) is 0 Å². The summed E-state index contributed by atoms with van der Waals surface area (Å²) in [6.45, 7) is 1.90. The SMILES string of the molecule is CC(CC1CC1)Nc1cc(-c2cc(C#N)ccc2-c2nncn2C)cc(N2Cc3c(cc(CN[C@H]4C[C@@H](O)C4)cc3C(F)(F)F)C2=O)n1. The van der Waals surface area contributed by atoms with Crippen LogP contribution in [-0.4, -0.2) is 48.9 Å². The highest BCUT2D eigenvalue weighted by Crippen LogP contribution is 2.41. The highest BCUT2D eigenvalue weighted by atomic mass is 19.4. The molecule has 3 aliphatic rings. The van der Waals surface area contributed by atoms with Crippen molar-refractivity contribution in [2.75, 3.05) is 10.2 Å².